The molecule has 0 aromatic rings. The monoisotopic (exact) mass is 212 g/mol. The summed E-state index contributed by atoms with van der Waals surface area (Å²) in [6.45, 7) is 10.5. The highest BCUT2D eigenvalue weighted by atomic mass is 15.2. The number of hydrogen-bond acceptors (Lipinski definition) is 2. The number of nitrogens with zero attached hydrogens (tertiary/aromatic N) is 1. The molecule has 1 N–H and O–H groups in total. The Hall–Kier alpha value is -0.0800. The fraction of sp³-hybridized carbons (Fsp3) is 1.00. The molecule has 1 rings (SSSR count). The molecule has 2 atom stereocenters. The third kappa shape index (κ3) is 4.12. The minimum Gasteiger partial charge on any atom is -0.309 e. The third-order valence-corrected chi connectivity index (χ3v) is 3.50. The molecule has 1 aliphatic heterocycles. The van der Waals surface area contributed by atoms with Crippen LogP contribution in [0.2, 0.25) is 0 Å². The van der Waals surface area contributed by atoms with E-state index in [2.05, 4.69) is 45.0 Å². The maximum atomic E-state index is 3.67. The molecule has 1 saturated heterocycles. The molecule has 1 aliphatic rings. The van der Waals surface area contributed by atoms with Gasteiger partial charge < -0.3 is 10.2 Å². The molecule has 0 spiro atoms. The summed E-state index contributed by atoms with van der Waals surface area (Å²) < 4.78 is 0. The van der Waals surface area contributed by atoms with Gasteiger partial charge in [0.25, 0.3) is 0 Å². The van der Waals surface area contributed by atoms with Crippen LogP contribution in [0.15, 0.2) is 0 Å². The van der Waals surface area contributed by atoms with E-state index in [1.54, 1.807) is 0 Å². The molecule has 0 bridgehead atoms. The van der Waals surface area contributed by atoms with E-state index in [-0.39, 0.29) is 0 Å². The summed E-state index contributed by atoms with van der Waals surface area (Å²) in [5.41, 5.74) is 0.308. The average Bonchev–Trinajstić information content (AvgIpc) is 2.10. The number of piperidine rings is 1. The first-order valence-corrected chi connectivity index (χ1v) is 6.42. The molecule has 0 amide bonds. The van der Waals surface area contributed by atoms with Gasteiger partial charge in [0, 0.05) is 17.6 Å². The van der Waals surface area contributed by atoms with E-state index in [1.807, 2.05) is 0 Å². The van der Waals surface area contributed by atoms with Crippen molar-refractivity contribution in [3.05, 3.63) is 0 Å². The average molecular weight is 212 g/mol. The van der Waals surface area contributed by atoms with Crippen molar-refractivity contribution in [1.82, 2.24) is 10.2 Å². The summed E-state index contributed by atoms with van der Waals surface area (Å²) in [6, 6.07) is 1.42. The van der Waals surface area contributed by atoms with Gasteiger partial charge in [-0.2, -0.15) is 0 Å². The highest BCUT2D eigenvalue weighted by molar-refractivity contribution is 4.93. The summed E-state index contributed by atoms with van der Waals surface area (Å²) in [4.78, 5) is 2.56. The van der Waals surface area contributed by atoms with Crippen molar-refractivity contribution in [1.29, 1.82) is 0 Å². The predicted octanol–water partition coefficient (Wildman–Crippen LogP) is 2.64. The van der Waals surface area contributed by atoms with E-state index in [0.717, 1.165) is 6.04 Å². The number of hydrogen-bond donors (Lipinski definition) is 1. The Bertz CT molecular complexity index is 189. The van der Waals surface area contributed by atoms with Crippen LogP contribution in [0.5, 0.6) is 0 Å². The van der Waals surface area contributed by atoms with Crippen LogP contribution in [0.1, 0.15) is 53.4 Å². The van der Waals surface area contributed by atoms with Gasteiger partial charge in [-0.15, -0.1) is 0 Å². The summed E-state index contributed by atoms with van der Waals surface area (Å²) in [7, 11) is 2.29. The van der Waals surface area contributed by atoms with Gasteiger partial charge in [0.2, 0.25) is 0 Å². The minimum absolute atomic E-state index is 0.308. The van der Waals surface area contributed by atoms with Crippen LogP contribution in [0, 0.1) is 0 Å². The van der Waals surface area contributed by atoms with Crippen molar-refractivity contribution in [2.24, 2.45) is 0 Å². The van der Waals surface area contributed by atoms with Crippen LogP contribution in [-0.4, -0.2) is 36.1 Å². The van der Waals surface area contributed by atoms with Crippen LogP contribution >= 0.6 is 0 Å². The van der Waals surface area contributed by atoms with E-state index in [4.69, 9.17) is 0 Å². The van der Waals surface area contributed by atoms with Gasteiger partial charge in [-0.25, -0.2) is 0 Å². The standard InChI is InChI=1S/C13H28N2/c1-6-7-8-15(5)12-9-11(2)14-13(3,4)10-12/h11-12,14H,6-10H2,1-5H3. The van der Waals surface area contributed by atoms with Crippen LogP contribution < -0.4 is 5.32 Å². The second-order valence-corrected chi connectivity index (χ2v) is 5.86. The van der Waals surface area contributed by atoms with Gasteiger partial charge in [-0.3, -0.25) is 0 Å². The summed E-state index contributed by atoms with van der Waals surface area (Å²) in [5.74, 6) is 0. The van der Waals surface area contributed by atoms with Crippen LogP contribution in [0.3, 0.4) is 0 Å². The zero-order valence-corrected chi connectivity index (χ0v) is 11.1. The lowest BCUT2D eigenvalue weighted by Crippen LogP contribution is -2.56. The molecule has 1 fully saturated rings. The van der Waals surface area contributed by atoms with Crippen molar-refractivity contribution in [2.75, 3.05) is 13.6 Å². The first-order valence-electron chi connectivity index (χ1n) is 6.42. The van der Waals surface area contributed by atoms with E-state index in [0.29, 0.717) is 11.6 Å². The zero-order chi connectivity index (χ0) is 11.5. The molecular formula is C13H28N2. The topological polar surface area (TPSA) is 15.3 Å². The molecule has 0 aromatic heterocycles. The largest absolute Gasteiger partial charge is 0.309 e. The maximum Gasteiger partial charge on any atom is 0.0142 e. The lowest BCUT2D eigenvalue weighted by molar-refractivity contribution is 0.119. The Balaban J connectivity index is 2.46. The lowest BCUT2D eigenvalue weighted by atomic mass is 9.85. The Morgan fingerprint density at radius 3 is 2.60 bits per heavy atom. The van der Waals surface area contributed by atoms with Gasteiger partial charge in [-0.05, 0) is 53.6 Å². The van der Waals surface area contributed by atoms with E-state index >= 15 is 0 Å². The quantitative estimate of drug-likeness (QED) is 0.770. The molecule has 2 heteroatoms. The second kappa shape index (κ2) is 5.31. The fourth-order valence-electron chi connectivity index (χ4n) is 2.79. The fourth-order valence-corrected chi connectivity index (χ4v) is 2.79. The SMILES string of the molecule is CCCCN(C)C1CC(C)NC(C)(C)C1. The molecule has 2 nitrogen and oxygen atoms in total. The summed E-state index contributed by atoms with van der Waals surface area (Å²) in [6.07, 6.45) is 5.20. The van der Waals surface area contributed by atoms with Gasteiger partial charge in [-0.1, -0.05) is 13.3 Å². The predicted molar refractivity (Wildman–Crippen MR) is 67.2 cm³/mol. The van der Waals surface area contributed by atoms with Crippen molar-refractivity contribution in [2.45, 2.75) is 71.0 Å². The summed E-state index contributed by atoms with van der Waals surface area (Å²) in [5, 5.41) is 3.67. The smallest absolute Gasteiger partial charge is 0.0142 e. The van der Waals surface area contributed by atoms with Crippen LogP contribution in [0.4, 0.5) is 0 Å². The van der Waals surface area contributed by atoms with Crippen molar-refractivity contribution in [3.63, 3.8) is 0 Å². The molecule has 0 aliphatic carbocycles. The van der Waals surface area contributed by atoms with Gasteiger partial charge in [0.15, 0.2) is 0 Å². The lowest BCUT2D eigenvalue weighted by Gasteiger charge is -2.44. The maximum absolute atomic E-state index is 3.67. The first kappa shape index (κ1) is 13.0. The van der Waals surface area contributed by atoms with Crippen molar-refractivity contribution < 1.29 is 0 Å². The Morgan fingerprint density at radius 1 is 1.40 bits per heavy atom. The Morgan fingerprint density at radius 2 is 2.07 bits per heavy atom. The normalized spacial score (nSPS) is 30.8. The molecule has 0 aromatic carbocycles. The Kier molecular flexibility index (Phi) is 4.60. The molecule has 0 saturated carbocycles. The number of nitrogens with one attached hydrogen (secondary N) is 1. The van der Waals surface area contributed by atoms with Crippen molar-refractivity contribution in [3.8, 4) is 0 Å². The van der Waals surface area contributed by atoms with Crippen LogP contribution in [-0.2, 0) is 0 Å². The second-order valence-electron chi connectivity index (χ2n) is 5.86. The molecule has 0 radical (unpaired) electrons. The molecule has 2 unspecified atom stereocenters. The van der Waals surface area contributed by atoms with Crippen molar-refractivity contribution >= 4 is 0 Å². The minimum atomic E-state index is 0.308. The van der Waals surface area contributed by atoms with E-state index in [1.165, 1.54) is 32.2 Å². The van der Waals surface area contributed by atoms with Gasteiger partial charge >= 0.3 is 0 Å². The molecule has 15 heavy (non-hydrogen) atoms. The molecule has 90 valence electrons. The van der Waals surface area contributed by atoms with Gasteiger partial charge in [0.1, 0.15) is 0 Å². The third-order valence-electron chi connectivity index (χ3n) is 3.50. The number of unbranched alkanes of at least 4 members (excludes halogenated alkanes) is 1. The van der Waals surface area contributed by atoms with E-state index < -0.39 is 0 Å². The van der Waals surface area contributed by atoms with E-state index in [9.17, 15) is 0 Å². The van der Waals surface area contributed by atoms with Crippen LogP contribution in [0.25, 0.3) is 0 Å². The summed E-state index contributed by atoms with van der Waals surface area (Å²) >= 11 is 0. The highest BCUT2D eigenvalue weighted by Gasteiger charge is 2.32. The number of rotatable bonds is 4. The Labute approximate surface area is 95.4 Å². The molecular weight excluding hydrogens is 184 g/mol. The first-order chi connectivity index (χ1) is 6.94. The highest BCUT2D eigenvalue weighted by Crippen LogP contribution is 2.25. The molecule has 1 heterocycles. The van der Waals surface area contributed by atoms with Gasteiger partial charge in [0.05, 0.1) is 0 Å². The zero-order valence-electron chi connectivity index (χ0n) is 11.1.